The maximum atomic E-state index is 11.4. The van der Waals surface area contributed by atoms with E-state index in [0.717, 1.165) is 0 Å². The minimum absolute atomic E-state index is 0.122. The summed E-state index contributed by atoms with van der Waals surface area (Å²) in [5, 5.41) is 0. The molecule has 0 saturated heterocycles. The number of rotatable bonds is 3. The van der Waals surface area contributed by atoms with Crippen LogP contribution in [-0.2, 0) is 9.84 Å². The Balaban J connectivity index is 2.99. The number of benzene rings is 1. The third-order valence-electron chi connectivity index (χ3n) is 1.52. The minimum atomic E-state index is -3.07. The fourth-order valence-electron chi connectivity index (χ4n) is 0.936. The van der Waals surface area contributed by atoms with Gasteiger partial charge in [0, 0.05) is 0 Å². The summed E-state index contributed by atoms with van der Waals surface area (Å²) in [7, 11) is -3.07. The van der Waals surface area contributed by atoms with Crippen LogP contribution in [0.5, 0.6) is 0 Å². The van der Waals surface area contributed by atoms with Gasteiger partial charge in [-0.15, -0.1) is 0 Å². The summed E-state index contributed by atoms with van der Waals surface area (Å²) in [5.41, 5.74) is 3.52. The van der Waals surface area contributed by atoms with E-state index in [1.807, 2.05) is 0 Å². The topological polar surface area (TPSA) is 61.8 Å². The molecule has 4 heteroatoms. The summed E-state index contributed by atoms with van der Waals surface area (Å²) >= 11 is 0. The van der Waals surface area contributed by atoms with Crippen LogP contribution >= 0.6 is 0 Å². The first-order chi connectivity index (χ1) is 5.67. The lowest BCUT2D eigenvalue weighted by molar-refractivity contribution is -0.360. The zero-order valence-electron chi connectivity index (χ0n) is 6.73. The van der Waals surface area contributed by atoms with Crippen LogP contribution in [-0.4, -0.2) is 20.7 Å². The molecule has 12 heavy (non-hydrogen) atoms. The fraction of sp³-hybridized carbons (Fsp3) is 0.250. The van der Waals surface area contributed by atoms with Crippen molar-refractivity contribution in [2.24, 2.45) is 0 Å². The standard InChI is InChI=1S/C8H11NO2S/c9-6-7-12(10,11)8-4-2-1-3-5-8/h1-5H,6-7,9H2/p+1. The molecule has 0 aliphatic heterocycles. The van der Waals surface area contributed by atoms with E-state index in [-0.39, 0.29) is 5.75 Å². The van der Waals surface area contributed by atoms with Crippen molar-refractivity contribution in [2.45, 2.75) is 4.90 Å². The monoisotopic (exact) mass is 186 g/mol. The SMILES string of the molecule is [NH3+]CCS(=O)(=O)c1ccccc1. The molecule has 0 unspecified atom stereocenters. The number of quaternary nitrogens is 1. The van der Waals surface area contributed by atoms with Crippen molar-refractivity contribution in [3.63, 3.8) is 0 Å². The molecule has 0 atom stereocenters. The molecule has 0 amide bonds. The predicted molar refractivity (Wildman–Crippen MR) is 46.2 cm³/mol. The maximum Gasteiger partial charge on any atom is 0.183 e. The quantitative estimate of drug-likeness (QED) is 0.704. The van der Waals surface area contributed by atoms with Crippen molar-refractivity contribution in [1.29, 1.82) is 0 Å². The Morgan fingerprint density at radius 3 is 2.25 bits per heavy atom. The largest absolute Gasteiger partial charge is 0.357 e. The highest BCUT2D eigenvalue weighted by Gasteiger charge is 2.12. The molecular weight excluding hydrogens is 174 g/mol. The van der Waals surface area contributed by atoms with Gasteiger partial charge in [-0.2, -0.15) is 0 Å². The molecule has 0 fully saturated rings. The third kappa shape index (κ3) is 2.06. The smallest absolute Gasteiger partial charge is 0.183 e. The second kappa shape index (κ2) is 3.69. The molecule has 66 valence electrons. The van der Waals surface area contributed by atoms with Crippen LogP contribution in [0.25, 0.3) is 0 Å². The van der Waals surface area contributed by atoms with Gasteiger partial charge in [-0.1, -0.05) is 18.2 Å². The second-order valence-electron chi connectivity index (χ2n) is 2.49. The van der Waals surface area contributed by atoms with Crippen molar-refractivity contribution in [3.8, 4) is 0 Å². The Hall–Kier alpha value is -0.870. The van der Waals surface area contributed by atoms with Crippen molar-refractivity contribution in [3.05, 3.63) is 30.3 Å². The minimum Gasteiger partial charge on any atom is -0.357 e. The molecule has 1 aromatic rings. The number of hydrogen-bond donors (Lipinski definition) is 1. The lowest BCUT2D eigenvalue weighted by Gasteiger charge is -1.99. The Kier molecular flexibility index (Phi) is 2.83. The van der Waals surface area contributed by atoms with E-state index in [0.29, 0.717) is 11.4 Å². The highest BCUT2D eigenvalue weighted by Crippen LogP contribution is 2.08. The highest BCUT2D eigenvalue weighted by molar-refractivity contribution is 7.91. The van der Waals surface area contributed by atoms with E-state index in [1.54, 1.807) is 30.3 Å². The van der Waals surface area contributed by atoms with Crippen LogP contribution in [0.2, 0.25) is 0 Å². The first-order valence-electron chi connectivity index (χ1n) is 3.74. The second-order valence-corrected chi connectivity index (χ2v) is 4.59. The lowest BCUT2D eigenvalue weighted by atomic mass is 10.4. The van der Waals surface area contributed by atoms with Gasteiger partial charge in [0.2, 0.25) is 0 Å². The summed E-state index contributed by atoms with van der Waals surface area (Å²) in [6.07, 6.45) is 0. The zero-order valence-corrected chi connectivity index (χ0v) is 7.55. The van der Waals surface area contributed by atoms with Crippen LogP contribution in [0.4, 0.5) is 0 Å². The van der Waals surface area contributed by atoms with Gasteiger partial charge < -0.3 is 5.73 Å². The summed E-state index contributed by atoms with van der Waals surface area (Å²) in [6.45, 7) is 0.414. The van der Waals surface area contributed by atoms with Gasteiger partial charge in [0.25, 0.3) is 0 Å². The normalized spacial score (nSPS) is 11.4. The Morgan fingerprint density at radius 1 is 1.17 bits per heavy atom. The molecule has 0 aliphatic carbocycles. The Labute approximate surface area is 72.1 Å². The van der Waals surface area contributed by atoms with Gasteiger partial charge in [0.1, 0.15) is 5.75 Å². The number of hydrogen-bond acceptors (Lipinski definition) is 2. The van der Waals surface area contributed by atoms with Gasteiger partial charge in [-0.3, -0.25) is 0 Å². The van der Waals surface area contributed by atoms with Crippen molar-refractivity contribution in [1.82, 2.24) is 0 Å². The van der Waals surface area contributed by atoms with E-state index in [4.69, 9.17) is 0 Å². The molecule has 0 saturated carbocycles. The molecule has 3 nitrogen and oxygen atoms in total. The average molecular weight is 186 g/mol. The van der Waals surface area contributed by atoms with Crippen LogP contribution in [0.3, 0.4) is 0 Å². The first kappa shape index (κ1) is 9.22. The molecule has 0 bridgehead atoms. The van der Waals surface area contributed by atoms with Crippen LogP contribution in [0.15, 0.2) is 35.2 Å². The van der Waals surface area contributed by atoms with Crippen molar-refractivity contribution in [2.75, 3.05) is 12.3 Å². The van der Waals surface area contributed by atoms with Gasteiger partial charge in [-0.05, 0) is 12.1 Å². The summed E-state index contributed by atoms with van der Waals surface area (Å²) in [6, 6.07) is 8.44. The molecule has 1 rings (SSSR count). The fourth-order valence-corrected chi connectivity index (χ4v) is 2.12. The van der Waals surface area contributed by atoms with Gasteiger partial charge in [0.05, 0.1) is 11.4 Å². The van der Waals surface area contributed by atoms with E-state index in [1.165, 1.54) is 0 Å². The van der Waals surface area contributed by atoms with Crippen LogP contribution < -0.4 is 5.73 Å². The molecule has 0 aliphatic rings. The van der Waals surface area contributed by atoms with Crippen molar-refractivity contribution < 1.29 is 14.2 Å². The van der Waals surface area contributed by atoms with Crippen LogP contribution in [0.1, 0.15) is 0 Å². The van der Waals surface area contributed by atoms with E-state index < -0.39 is 9.84 Å². The molecule has 0 spiro atoms. The molecule has 0 heterocycles. The Bertz CT molecular complexity index is 331. The molecule has 0 aromatic heterocycles. The third-order valence-corrected chi connectivity index (χ3v) is 3.33. The molecular formula is C8H12NO2S+. The molecule has 0 radical (unpaired) electrons. The predicted octanol–water partition coefficient (Wildman–Crippen LogP) is -0.298. The molecule has 1 aromatic carbocycles. The summed E-state index contributed by atoms with van der Waals surface area (Å²) in [5.74, 6) is 0.122. The van der Waals surface area contributed by atoms with E-state index >= 15 is 0 Å². The van der Waals surface area contributed by atoms with E-state index in [9.17, 15) is 8.42 Å². The zero-order chi connectivity index (χ0) is 9.03. The van der Waals surface area contributed by atoms with Crippen molar-refractivity contribution >= 4 is 9.84 Å². The average Bonchev–Trinajstić information content (AvgIpc) is 2.06. The summed E-state index contributed by atoms with van der Waals surface area (Å²) in [4.78, 5) is 0.383. The van der Waals surface area contributed by atoms with Gasteiger partial charge in [-0.25, -0.2) is 8.42 Å². The lowest BCUT2D eigenvalue weighted by Crippen LogP contribution is -2.53. The van der Waals surface area contributed by atoms with Gasteiger partial charge >= 0.3 is 0 Å². The van der Waals surface area contributed by atoms with E-state index in [2.05, 4.69) is 5.73 Å². The highest BCUT2D eigenvalue weighted by atomic mass is 32.2. The van der Waals surface area contributed by atoms with Crippen LogP contribution in [0, 0.1) is 0 Å². The first-order valence-corrected chi connectivity index (χ1v) is 5.39. The number of sulfone groups is 1. The maximum absolute atomic E-state index is 11.4. The summed E-state index contributed by atoms with van der Waals surface area (Å²) < 4.78 is 22.8. The molecule has 3 N–H and O–H groups in total. The van der Waals surface area contributed by atoms with Gasteiger partial charge in [0.15, 0.2) is 9.84 Å². The Morgan fingerprint density at radius 2 is 1.75 bits per heavy atom.